The lowest BCUT2D eigenvalue weighted by Crippen LogP contribution is -1.88. The smallest absolute Gasteiger partial charge is 0.213 e. The summed E-state index contributed by atoms with van der Waals surface area (Å²) in [5.74, 6) is 0.0500. The van der Waals surface area contributed by atoms with Gasteiger partial charge >= 0.3 is 0 Å². The Kier molecular flexibility index (Phi) is 2.20. The number of rotatable bonds is 1. The zero-order valence-electron chi connectivity index (χ0n) is 8.29. The van der Waals surface area contributed by atoms with Crippen molar-refractivity contribution in [2.45, 2.75) is 19.8 Å². The third-order valence-electron chi connectivity index (χ3n) is 2.38. The van der Waals surface area contributed by atoms with Crippen LogP contribution in [0.5, 0.6) is 0 Å². The predicted molar refractivity (Wildman–Crippen MR) is 55.8 cm³/mol. The van der Waals surface area contributed by atoms with Gasteiger partial charge in [0.05, 0.1) is 0 Å². The predicted octanol–water partition coefficient (Wildman–Crippen LogP) is 3.50. The molecule has 0 atom stereocenters. The van der Waals surface area contributed by atoms with E-state index >= 15 is 0 Å². The van der Waals surface area contributed by atoms with Crippen LogP contribution < -0.4 is 0 Å². The van der Waals surface area contributed by atoms with E-state index in [0.717, 1.165) is 10.8 Å². The van der Waals surface area contributed by atoms with Crippen LogP contribution in [0.2, 0.25) is 0 Å². The molecular formula is C12H12FN. The largest absolute Gasteiger partial charge is 0.228 e. The lowest BCUT2D eigenvalue weighted by Gasteiger charge is -2.06. The highest BCUT2D eigenvalue weighted by Gasteiger charge is 2.01. The number of nitrogens with zero attached hydrogens (tertiary/aromatic N) is 1. The number of benzene rings is 1. The molecule has 0 radical (unpaired) electrons. The summed E-state index contributed by atoms with van der Waals surface area (Å²) < 4.78 is 12.9. The Morgan fingerprint density at radius 3 is 2.64 bits per heavy atom. The van der Waals surface area contributed by atoms with E-state index in [0.29, 0.717) is 5.92 Å². The molecule has 2 heteroatoms. The maximum Gasteiger partial charge on any atom is 0.213 e. The van der Waals surface area contributed by atoms with Crippen LogP contribution in [0.15, 0.2) is 30.5 Å². The van der Waals surface area contributed by atoms with Crippen molar-refractivity contribution >= 4 is 10.8 Å². The lowest BCUT2D eigenvalue weighted by atomic mass is 10.0. The first-order chi connectivity index (χ1) is 6.66. The summed E-state index contributed by atoms with van der Waals surface area (Å²) in [6.07, 6.45) is 1.56. The summed E-state index contributed by atoms with van der Waals surface area (Å²) in [6, 6.07) is 7.54. The van der Waals surface area contributed by atoms with Crippen LogP contribution in [0.3, 0.4) is 0 Å². The highest BCUT2D eigenvalue weighted by atomic mass is 19.1. The summed E-state index contributed by atoms with van der Waals surface area (Å²) >= 11 is 0. The molecule has 0 spiro atoms. The minimum atomic E-state index is -0.418. The van der Waals surface area contributed by atoms with Crippen molar-refractivity contribution in [2.75, 3.05) is 0 Å². The number of aromatic nitrogens is 1. The quantitative estimate of drug-likeness (QED) is 0.626. The third kappa shape index (κ3) is 1.60. The van der Waals surface area contributed by atoms with Crippen LogP contribution in [-0.4, -0.2) is 4.98 Å². The van der Waals surface area contributed by atoms with E-state index in [1.165, 1.54) is 11.6 Å². The summed E-state index contributed by atoms with van der Waals surface area (Å²) in [7, 11) is 0. The van der Waals surface area contributed by atoms with Gasteiger partial charge in [0.25, 0.3) is 0 Å². The van der Waals surface area contributed by atoms with Crippen molar-refractivity contribution in [3.8, 4) is 0 Å². The first kappa shape index (κ1) is 9.13. The number of halogens is 1. The fraction of sp³-hybridized carbons (Fsp3) is 0.250. The lowest BCUT2D eigenvalue weighted by molar-refractivity contribution is 0.586. The second kappa shape index (κ2) is 3.37. The molecule has 0 aliphatic carbocycles. The van der Waals surface area contributed by atoms with Crippen LogP contribution in [0.25, 0.3) is 10.8 Å². The zero-order chi connectivity index (χ0) is 10.1. The Balaban J connectivity index is 2.63. The zero-order valence-corrected chi connectivity index (χ0v) is 8.29. The molecule has 14 heavy (non-hydrogen) atoms. The molecule has 0 unspecified atom stereocenters. The van der Waals surface area contributed by atoms with Gasteiger partial charge in [-0.2, -0.15) is 4.39 Å². The normalized spacial score (nSPS) is 11.1. The van der Waals surface area contributed by atoms with Crippen LogP contribution >= 0.6 is 0 Å². The van der Waals surface area contributed by atoms with Gasteiger partial charge in [0, 0.05) is 17.6 Å². The Morgan fingerprint density at radius 1 is 1.14 bits per heavy atom. The number of fused-ring (bicyclic) bond motifs is 1. The molecule has 0 aliphatic heterocycles. The molecule has 1 aromatic heterocycles. The molecule has 1 heterocycles. The fourth-order valence-electron chi connectivity index (χ4n) is 1.49. The van der Waals surface area contributed by atoms with Gasteiger partial charge in [-0.3, -0.25) is 0 Å². The van der Waals surface area contributed by atoms with Crippen molar-refractivity contribution in [3.63, 3.8) is 0 Å². The molecule has 72 valence electrons. The van der Waals surface area contributed by atoms with Gasteiger partial charge in [-0.25, -0.2) is 4.98 Å². The molecule has 2 rings (SSSR count). The minimum Gasteiger partial charge on any atom is -0.228 e. The van der Waals surface area contributed by atoms with Crippen molar-refractivity contribution in [1.29, 1.82) is 0 Å². The van der Waals surface area contributed by atoms with Crippen LogP contribution in [0.4, 0.5) is 4.39 Å². The highest BCUT2D eigenvalue weighted by Crippen LogP contribution is 2.20. The maximum atomic E-state index is 12.9. The van der Waals surface area contributed by atoms with Crippen LogP contribution in [-0.2, 0) is 0 Å². The molecule has 0 saturated carbocycles. The molecule has 0 saturated heterocycles. The molecule has 0 N–H and O–H groups in total. The van der Waals surface area contributed by atoms with E-state index in [1.807, 2.05) is 12.1 Å². The summed E-state index contributed by atoms with van der Waals surface area (Å²) in [6.45, 7) is 4.25. The van der Waals surface area contributed by atoms with Gasteiger partial charge in [-0.15, -0.1) is 0 Å². The van der Waals surface area contributed by atoms with E-state index in [9.17, 15) is 4.39 Å². The van der Waals surface area contributed by atoms with E-state index < -0.39 is 5.95 Å². The molecular weight excluding hydrogens is 177 g/mol. The Morgan fingerprint density at radius 2 is 1.93 bits per heavy atom. The number of hydrogen-bond acceptors (Lipinski definition) is 1. The second-order valence-electron chi connectivity index (χ2n) is 3.77. The first-order valence-corrected chi connectivity index (χ1v) is 4.72. The van der Waals surface area contributed by atoms with Gasteiger partial charge in [0.15, 0.2) is 0 Å². The minimum absolute atomic E-state index is 0.418. The Labute approximate surface area is 82.6 Å². The molecule has 1 aromatic carbocycles. The fourth-order valence-corrected chi connectivity index (χ4v) is 1.49. The topological polar surface area (TPSA) is 12.9 Å². The average molecular weight is 189 g/mol. The van der Waals surface area contributed by atoms with Gasteiger partial charge in [0.2, 0.25) is 5.95 Å². The standard InChI is InChI=1S/C12H12FN/c1-8(2)9-3-4-10-7-14-12(13)6-11(10)5-9/h3-8H,1-2H3. The summed E-state index contributed by atoms with van der Waals surface area (Å²) in [5, 5.41) is 1.90. The average Bonchev–Trinajstić information content (AvgIpc) is 2.16. The van der Waals surface area contributed by atoms with Gasteiger partial charge < -0.3 is 0 Å². The van der Waals surface area contributed by atoms with Crippen molar-refractivity contribution in [3.05, 3.63) is 42.0 Å². The summed E-state index contributed by atoms with van der Waals surface area (Å²) in [4.78, 5) is 3.62. The van der Waals surface area contributed by atoms with Crippen LogP contribution in [0, 0.1) is 5.95 Å². The van der Waals surface area contributed by atoms with E-state index in [2.05, 4.69) is 24.9 Å². The van der Waals surface area contributed by atoms with Crippen molar-refractivity contribution < 1.29 is 4.39 Å². The first-order valence-electron chi connectivity index (χ1n) is 4.72. The van der Waals surface area contributed by atoms with Crippen LogP contribution in [0.1, 0.15) is 25.3 Å². The van der Waals surface area contributed by atoms with Gasteiger partial charge in [-0.05, 0) is 16.9 Å². The number of hydrogen-bond donors (Lipinski definition) is 0. The van der Waals surface area contributed by atoms with Gasteiger partial charge in [-0.1, -0.05) is 32.0 Å². The van der Waals surface area contributed by atoms with Crippen molar-refractivity contribution in [1.82, 2.24) is 4.98 Å². The maximum absolute atomic E-state index is 12.9. The van der Waals surface area contributed by atoms with E-state index in [1.54, 1.807) is 6.20 Å². The van der Waals surface area contributed by atoms with E-state index in [4.69, 9.17) is 0 Å². The Hall–Kier alpha value is -1.44. The molecule has 0 amide bonds. The molecule has 0 aliphatic rings. The second-order valence-corrected chi connectivity index (χ2v) is 3.77. The summed E-state index contributed by atoms with van der Waals surface area (Å²) in [5.41, 5.74) is 1.23. The number of pyridine rings is 1. The molecule has 0 bridgehead atoms. The molecule has 2 aromatic rings. The molecule has 0 fully saturated rings. The van der Waals surface area contributed by atoms with Crippen molar-refractivity contribution in [2.24, 2.45) is 0 Å². The van der Waals surface area contributed by atoms with E-state index in [-0.39, 0.29) is 0 Å². The monoisotopic (exact) mass is 189 g/mol. The molecule has 1 nitrogen and oxygen atoms in total. The highest BCUT2D eigenvalue weighted by molar-refractivity contribution is 5.82. The Bertz CT molecular complexity index is 463. The SMILES string of the molecule is CC(C)c1ccc2cnc(F)cc2c1. The van der Waals surface area contributed by atoms with Gasteiger partial charge in [0.1, 0.15) is 0 Å². The third-order valence-corrected chi connectivity index (χ3v) is 2.38.